The minimum absolute atomic E-state index is 0.380. The van der Waals surface area contributed by atoms with Crippen LogP contribution in [0.3, 0.4) is 0 Å². The second-order valence-electron chi connectivity index (χ2n) is 2.51. The summed E-state index contributed by atoms with van der Waals surface area (Å²) in [6.45, 7) is 0. The van der Waals surface area contributed by atoms with Crippen molar-refractivity contribution in [3.05, 3.63) is 24.4 Å². The van der Waals surface area contributed by atoms with E-state index in [2.05, 4.69) is 9.97 Å². The van der Waals surface area contributed by atoms with E-state index in [9.17, 15) is 0 Å². The van der Waals surface area contributed by atoms with Crippen molar-refractivity contribution < 1.29 is 0 Å². The molecule has 0 bridgehead atoms. The SMILES string of the molecule is Nc1cc2cccnc2c(N)n1. The Hall–Kier alpha value is -1.84. The van der Waals surface area contributed by atoms with Crippen LogP contribution in [0, 0.1) is 0 Å². The second kappa shape index (κ2) is 2.34. The number of nitrogen functional groups attached to an aromatic ring is 2. The molecule has 0 atom stereocenters. The van der Waals surface area contributed by atoms with Crippen LogP contribution in [0.2, 0.25) is 0 Å². The molecule has 0 aliphatic rings. The van der Waals surface area contributed by atoms with Crippen LogP contribution in [0.15, 0.2) is 24.4 Å². The summed E-state index contributed by atoms with van der Waals surface area (Å²) in [5, 5.41) is 0.919. The molecule has 2 aromatic heterocycles. The summed E-state index contributed by atoms with van der Waals surface area (Å²) in [4.78, 5) is 7.97. The molecule has 0 radical (unpaired) electrons. The van der Waals surface area contributed by atoms with Gasteiger partial charge in [0.05, 0.1) is 0 Å². The van der Waals surface area contributed by atoms with Crippen LogP contribution in [0.25, 0.3) is 10.9 Å². The molecular formula is C8H8N4. The van der Waals surface area contributed by atoms with Gasteiger partial charge in [-0.3, -0.25) is 4.98 Å². The van der Waals surface area contributed by atoms with E-state index < -0.39 is 0 Å². The highest BCUT2D eigenvalue weighted by Gasteiger charge is 2.00. The molecule has 0 saturated heterocycles. The molecule has 0 amide bonds. The highest BCUT2D eigenvalue weighted by molar-refractivity contribution is 5.88. The van der Waals surface area contributed by atoms with Crippen molar-refractivity contribution in [2.24, 2.45) is 0 Å². The number of nitrogens with zero attached hydrogens (tertiary/aromatic N) is 2. The number of aromatic nitrogens is 2. The van der Waals surface area contributed by atoms with Crippen LogP contribution in [0.1, 0.15) is 0 Å². The molecule has 4 heteroatoms. The Morgan fingerprint density at radius 1 is 1.25 bits per heavy atom. The van der Waals surface area contributed by atoms with Gasteiger partial charge in [-0.1, -0.05) is 6.07 Å². The van der Waals surface area contributed by atoms with Crippen LogP contribution >= 0.6 is 0 Å². The third-order valence-electron chi connectivity index (χ3n) is 1.63. The summed E-state index contributed by atoms with van der Waals surface area (Å²) >= 11 is 0. The quantitative estimate of drug-likeness (QED) is 0.597. The molecule has 0 aliphatic heterocycles. The number of fused-ring (bicyclic) bond motifs is 1. The molecule has 4 nitrogen and oxygen atoms in total. The van der Waals surface area contributed by atoms with Crippen LogP contribution < -0.4 is 11.5 Å². The van der Waals surface area contributed by atoms with Crippen LogP contribution in [0.5, 0.6) is 0 Å². The third-order valence-corrected chi connectivity index (χ3v) is 1.63. The molecule has 0 aliphatic carbocycles. The molecule has 2 rings (SSSR count). The topological polar surface area (TPSA) is 77.8 Å². The molecule has 0 spiro atoms. The lowest BCUT2D eigenvalue weighted by molar-refractivity contribution is 1.32. The van der Waals surface area contributed by atoms with Gasteiger partial charge in [0.2, 0.25) is 0 Å². The zero-order valence-electron chi connectivity index (χ0n) is 6.36. The summed E-state index contributed by atoms with van der Waals surface area (Å²) < 4.78 is 0. The fraction of sp³-hybridized carbons (Fsp3) is 0. The number of hydrogen-bond donors (Lipinski definition) is 2. The molecular weight excluding hydrogens is 152 g/mol. The van der Waals surface area contributed by atoms with Crippen molar-refractivity contribution in [3.63, 3.8) is 0 Å². The maximum Gasteiger partial charge on any atom is 0.152 e. The van der Waals surface area contributed by atoms with Gasteiger partial charge in [-0.2, -0.15) is 0 Å². The molecule has 60 valence electrons. The first-order valence-electron chi connectivity index (χ1n) is 3.54. The smallest absolute Gasteiger partial charge is 0.152 e. The summed E-state index contributed by atoms with van der Waals surface area (Å²) in [5.74, 6) is 0.804. The van der Waals surface area contributed by atoms with Crippen molar-refractivity contribution in [3.8, 4) is 0 Å². The van der Waals surface area contributed by atoms with E-state index in [-0.39, 0.29) is 0 Å². The first-order valence-corrected chi connectivity index (χ1v) is 3.54. The Labute approximate surface area is 69.2 Å². The average molecular weight is 160 g/mol. The Bertz CT molecular complexity index is 424. The fourth-order valence-electron chi connectivity index (χ4n) is 1.13. The third kappa shape index (κ3) is 0.934. The van der Waals surface area contributed by atoms with Gasteiger partial charge in [0, 0.05) is 11.6 Å². The van der Waals surface area contributed by atoms with E-state index in [1.165, 1.54) is 0 Å². The van der Waals surface area contributed by atoms with Gasteiger partial charge in [-0.05, 0) is 12.1 Å². The van der Waals surface area contributed by atoms with Gasteiger partial charge >= 0.3 is 0 Å². The summed E-state index contributed by atoms with van der Waals surface area (Å²) in [6, 6.07) is 5.48. The Balaban J connectivity index is 2.89. The molecule has 0 unspecified atom stereocenters. The largest absolute Gasteiger partial charge is 0.384 e. The highest BCUT2D eigenvalue weighted by Crippen LogP contribution is 2.17. The zero-order chi connectivity index (χ0) is 8.55. The average Bonchev–Trinajstić information content (AvgIpc) is 2.04. The zero-order valence-corrected chi connectivity index (χ0v) is 6.36. The van der Waals surface area contributed by atoms with Crippen molar-refractivity contribution in [2.45, 2.75) is 0 Å². The number of pyridine rings is 2. The van der Waals surface area contributed by atoms with Crippen molar-refractivity contribution in [1.29, 1.82) is 0 Å². The van der Waals surface area contributed by atoms with Crippen molar-refractivity contribution >= 4 is 22.5 Å². The molecule has 0 aromatic carbocycles. The van der Waals surface area contributed by atoms with E-state index >= 15 is 0 Å². The number of hydrogen-bond acceptors (Lipinski definition) is 4. The van der Waals surface area contributed by atoms with Crippen molar-refractivity contribution in [1.82, 2.24) is 9.97 Å². The Kier molecular flexibility index (Phi) is 1.33. The molecule has 0 saturated carbocycles. The van der Waals surface area contributed by atoms with E-state index in [1.807, 2.05) is 12.1 Å². The predicted molar refractivity (Wildman–Crippen MR) is 48.4 cm³/mol. The van der Waals surface area contributed by atoms with Gasteiger partial charge in [-0.15, -0.1) is 0 Å². The standard InChI is InChI=1S/C8H8N4/c9-6-4-5-2-1-3-11-7(5)8(10)12-6/h1-4H,(H4,9,10,12). The Morgan fingerprint density at radius 3 is 2.92 bits per heavy atom. The molecule has 2 aromatic rings. The minimum atomic E-state index is 0.380. The lowest BCUT2D eigenvalue weighted by atomic mass is 10.2. The number of rotatable bonds is 0. The van der Waals surface area contributed by atoms with E-state index in [0.717, 1.165) is 5.39 Å². The number of anilines is 2. The van der Waals surface area contributed by atoms with Crippen LogP contribution in [-0.4, -0.2) is 9.97 Å². The van der Waals surface area contributed by atoms with Gasteiger partial charge in [0.25, 0.3) is 0 Å². The molecule has 2 heterocycles. The van der Waals surface area contributed by atoms with E-state index in [4.69, 9.17) is 11.5 Å². The van der Waals surface area contributed by atoms with Crippen LogP contribution in [0.4, 0.5) is 11.6 Å². The Morgan fingerprint density at radius 2 is 2.08 bits per heavy atom. The van der Waals surface area contributed by atoms with Crippen molar-refractivity contribution in [2.75, 3.05) is 11.5 Å². The summed E-state index contributed by atoms with van der Waals surface area (Å²) in [5.41, 5.74) is 11.8. The second-order valence-corrected chi connectivity index (χ2v) is 2.51. The molecule has 4 N–H and O–H groups in total. The minimum Gasteiger partial charge on any atom is -0.384 e. The highest BCUT2D eigenvalue weighted by atomic mass is 14.9. The fourth-order valence-corrected chi connectivity index (χ4v) is 1.13. The van der Waals surface area contributed by atoms with E-state index in [1.54, 1.807) is 12.3 Å². The van der Waals surface area contributed by atoms with Crippen LogP contribution in [-0.2, 0) is 0 Å². The van der Waals surface area contributed by atoms with Gasteiger partial charge in [0.15, 0.2) is 5.82 Å². The monoisotopic (exact) mass is 160 g/mol. The maximum absolute atomic E-state index is 5.60. The molecule has 0 fully saturated rings. The van der Waals surface area contributed by atoms with Gasteiger partial charge in [0.1, 0.15) is 11.3 Å². The van der Waals surface area contributed by atoms with Gasteiger partial charge < -0.3 is 11.5 Å². The lowest BCUT2D eigenvalue weighted by Gasteiger charge is -2.00. The first-order chi connectivity index (χ1) is 5.77. The summed E-state index contributed by atoms with van der Waals surface area (Å²) in [6.07, 6.45) is 1.68. The predicted octanol–water partition coefficient (Wildman–Crippen LogP) is 0.794. The summed E-state index contributed by atoms with van der Waals surface area (Å²) in [7, 11) is 0. The number of nitrogens with two attached hydrogens (primary N) is 2. The van der Waals surface area contributed by atoms with Gasteiger partial charge in [-0.25, -0.2) is 4.98 Å². The normalized spacial score (nSPS) is 10.3. The maximum atomic E-state index is 5.60. The lowest BCUT2D eigenvalue weighted by Crippen LogP contribution is -1.97. The molecule has 12 heavy (non-hydrogen) atoms. The first kappa shape index (κ1) is 6.84. The van der Waals surface area contributed by atoms with E-state index in [0.29, 0.717) is 17.2 Å².